The van der Waals surface area contributed by atoms with E-state index < -0.39 is 0 Å². The van der Waals surface area contributed by atoms with Gasteiger partial charge in [0.25, 0.3) is 0 Å². The van der Waals surface area contributed by atoms with Gasteiger partial charge in [0.1, 0.15) is 0 Å². The van der Waals surface area contributed by atoms with Gasteiger partial charge in [-0.25, -0.2) is 0 Å². The Morgan fingerprint density at radius 2 is 2.00 bits per heavy atom. The average Bonchev–Trinajstić information content (AvgIpc) is 2.60. The Morgan fingerprint density at radius 3 is 2.56 bits per heavy atom. The molecule has 0 aliphatic carbocycles. The summed E-state index contributed by atoms with van der Waals surface area (Å²) in [5.74, 6) is 0. The van der Waals surface area contributed by atoms with Gasteiger partial charge < -0.3 is 10.2 Å². The Labute approximate surface area is 107 Å². The fourth-order valence-electron chi connectivity index (χ4n) is 2.08. The van der Waals surface area contributed by atoms with Crippen molar-refractivity contribution < 1.29 is 0 Å². The summed E-state index contributed by atoms with van der Waals surface area (Å²) < 4.78 is 0. The maximum atomic E-state index is 5.95. The van der Waals surface area contributed by atoms with Crippen LogP contribution in [0.25, 0.3) is 0 Å². The number of hydrogen-bond acceptors (Lipinski definition) is 2. The quantitative estimate of drug-likeness (QED) is 0.897. The Morgan fingerprint density at radius 1 is 1.31 bits per heavy atom. The number of nitrogens with zero attached hydrogens (tertiary/aromatic N) is 1. The SMILES string of the molecule is CN1CCC(NCc2cc(Cl)cc(Cl)c2)C1. The van der Waals surface area contributed by atoms with E-state index in [-0.39, 0.29) is 0 Å². The van der Waals surface area contributed by atoms with Crippen LogP contribution in [-0.2, 0) is 6.54 Å². The molecule has 2 rings (SSSR count). The van der Waals surface area contributed by atoms with Crippen LogP contribution in [0.5, 0.6) is 0 Å². The van der Waals surface area contributed by atoms with Crippen LogP contribution in [0.1, 0.15) is 12.0 Å². The third kappa shape index (κ3) is 3.36. The van der Waals surface area contributed by atoms with Crippen molar-refractivity contribution in [1.29, 1.82) is 0 Å². The Bertz CT molecular complexity index is 348. The zero-order valence-corrected chi connectivity index (χ0v) is 10.9. The normalized spacial score (nSPS) is 21.6. The molecule has 4 heteroatoms. The highest BCUT2D eigenvalue weighted by Gasteiger charge is 2.18. The molecular weight excluding hydrogens is 243 g/mol. The van der Waals surface area contributed by atoms with Crippen LogP contribution in [0.2, 0.25) is 10.0 Å². The lowest BCUT2D eigenvalue weighted by Crippen LogP contribution is -2.30. The number of likely N-dealkylation sites (tertiary alicyclic amines) is 1. The molecule has 1 aliphatic heterocycles. The van der Waals surface area contributed by atoms with E-state index in [0.29, 0.717) is 16.1 Å². The molecular formula is C12H16Cl2N2. The van der Waals surface area contributed by atoms with Gasteiger partial charge in [0.05, 0.1) is 0 Å². The smallest absolute Gasteiger partial charge is 0.0424 e. The molecule has 1 aromatic rings. The molecule has 0 aromatic heterocycles. The lowest BCUT2D eigenvalue weighted by molar-refractivity contribution is 0.397. The summed E-state index contributed by atoms with van der Waals surface area (Å²) in [6.45, 7) is 3.13. The van der Waals surface area contributed by atoms with E-state index in [2.05, 4.69) is 17.3 Å². The predicted octanol–water partition coefficient (Wildman–Crippen LogP) is 2.79. The Hall–Kier alpha value is -0.280. The second-order valence-electron chi connectivity index (χ2n) is 4.41. The summed E-state index contributed by atoms with van der Waals surface area (Å²) in [6.07, 6.45) is 1.21. The minimum atomic E-state index is 0.586. The highest BCUT2D eigenvalue weighted by Crippen LogP contribution is 2.19. The van der Waals surface area contributed by atoms with Gasteiger partial charge in [-0.2, -0.15) is 0 Å². The van der Waals surface area contributed by atoms with Gasteiger partial charge >= 0.3 is 0 Å². The van der Waals surface area contributed by atoms with Crippen molar-refractivity contribution in [3.05, 3.63) is 33.8 Å². The van der Waals surface area contributed by atoms with E-state index in [1.165, 1.54) is 13.0 Å². The molecule has 1 N–H and O–H groups in total. The molecule has 1 fully saturated rings. The lowest BCUT2D eigenvalue weighted by Gasteiger charge is -2.13. The maximum absolute atomic E-state index is 5.95. The van der Waals surface area contributed by atoms with Gasteiger partial charge in [0.15, 0.2) is 0 Å². The van der Waals surface area contributed by atoms with Crippen LogP contribution >= 0.6 is 23.2 Å². The van der Waals surface area contributed by atoms with Crippen molar-refractivity contribution in [1.82, 2.24) is 10.2 Å². The summed E-state index contributed by atoms with van der Waals surface area (Å²) >= 11 is 11.9. The number of benzene rings is 1. The molecule has 1 aliphatic rings. The topological polar surface area (TPSA) is 15.3 Å². The van der Waals surface area contributed by atoms with Crippen molar-refractivity contribution in [3.63, 3.8) is 0 Å². The molecule has 88 valence electrons. The molecule has 0 saturated carbocycles. The monoisotopic (exact) mass is 258 g/mol. The third-order valence-corrected chi connectivity index (χ3v) is 3.34. The second kappa shape index (κ2) is 5.37. The summed E-state index contributed by atoms with van der Waals surface area (Å²) in [7, 11) is 2.15. The lowest BCUT2D eigenvalue weighted by atomic mass is 10.2. The molecule has 0 radical (unpaired) electrons. The zero-order chi connectivity index (χ0) is 11.5. The van der Waals surface area contributed by atoms with Gasteiger partial charge in [0, 0.05) is 29.2 Å². The summed E-state index contributed by atoms with van der Waals surface area (Å²) in [6, 6.07) is 6.26. The first kappa shape index (κ1) is 12.2. The first-order valence-electron chi connectivity index (χ1n) is 5.50. The van der Waals surface area contributed by atoms with Crippen LogP contribution in [0.3, 0.4) is 0 Å². The zero-order valence-electron chi connectivity index (χ0n) is 9.34. The van der Waals surface area contributed by atoms with Crippen LogP contribution in [0.4, 0.5) is 0 Å². The van der Waals surface area contributed by atoms with E-state index >= 15 is 0 Å². The van der Waals surface area contributed by atoms with Crippen LogP contribution < -0.4 is 5.32 Å². The minimum absolute atomic E-state index is 0.586. The molecule has 1 saturated heterocycles. The molecule has 2 nitrogen and oxygen atoms in total. The summed E-state index contributed by atoms with van der Waals surface area (Å²) in [4.78, 5) is 2.34. The highest BCUT2D eigenvalue weighted by molar-refractivity contribution is 6.34. The van der Waals surface area contributed by atoms with Crippen LogP contribution in [0.15, 0.2) is 18.2 Å². The first-order chi connectivity index (χ1) is 7.63. The fraction of sp³-hybridized carbons (Fsp3) is 0.500. The molecule has 1 atom stereocenters. The van der Waals surface area contributed by atoms with Crippen molar-refractivity contribution in [2.75, 3.05) is 20.1 Å². The van der Waals surface area contributed by atoms with Crippen LogP contribution in [0, 0.1) is 0 Å². The van der Waals surface area contributed by atoms with Gasteiger partial charge in [-0.05, 0) is 43.8 Å². The van der Waals surface area contributed by atoms with Gasteiger partial charge in [0.2, 0.25) is 0 Å². The Kier molecular flexibility index (Phi) is 4.09. The highest BCUT2D eigenvalue weighted by atomic mass is 35.5. The first-order valence-corrected chi connectivity index (χ1v) is 6.26. The van der Waals surface area contributed by atoms with E-state index in [1.807, 2.05) is 12.1 Å². The number of likely N-dealkylation sites (N-methyl/N-ethyl adjacent to an activating group) is 1. The van der Waals surface area contributed by atoms with E-state index in [9.17, 15) is 0 Å². The van der Waals surface area contributed by atoms with E-state index in [1.54, 1.807) is 6.07 Å². The molecule has 0 spiro atoms. The standard InChI is InChI=1S/C12H16Cl2N2/c1-16-3-2-12(8-16)15-7-9-4-10(13)6-11(14)5-9/h4-6,12,15H,2-3,7-8H2,1H3. The van der Waals surface area contributed by atoms with E-state index in [0.717, 1.165) is 18.7 Å². The van der Waals surface area contributed by atoms with Gasteiger partial charge in [-0.3, -0.25) is 0 Å². The van der Waals surface area contributed by atoms with Crippen molar-refractivity contribution >= 4 is 23.2 Å². The van der Waals surface area contributed by atoms with Gasteiger partial charge in [-0.1, -0.05) is 23.2 Å². The molecule has 1 heterocycles. The number of rotatable bonds is 3. The summed E-state index contributed by atoms with van der Waals surface area (Å²) in [5.41, 5.74) is 1.15. The van der Waals surface area contributed by atoms with Crippen molar-refractivity contribution in [2.45, 2.75) is 19.0 Å². The average molecular weight is 259 g/mol. The number of hydrogen-bond donors (Lipinski definition) is 1. The van der Waals surface area contributed by atoms with Gasteiger partial charge in [-0.15, -0.1) is 0 Å². The predicted molar refractivity (Wildman–Crippen MR) is 69.2 cm³/mol. The maximum Gasteiger partial charge on any atom is 0.0424 e. The molecule has 1 unspecified atom stereocenters. The van der Waals surface area contributed by atoms with Crippen molar-refractivity contribution in [2.24, 2.45) is 0 Å². The second-order valence-corrected chi connectivity index (χ2v) is 5.28. The van der Waals surface area contributed by atoms with Crippen molar-refractivity contribution in [3.8, 4) is 0 Å². The van der Waals surface area contributed by atoms with E-state index in [4.69, 9.17) is 23.2 Å². The minimum Gasteiger partial charge on any atom is -0.309 e. The molecule has 1 aromatic carbocycles. The molecule has 0 bridgehead atoms. The summed E-state index contributed by atoms with van der Waals surface area (Å²) in [5, 5.41) is 4.93. The molecule has 0 amide bonds. The fourth-order valence-corrected chi connectivity index (χ4v) is 2.65. The largest absolute Gasteiger partial charge is 0.309 e. The number of nitrogens with one attached hydrogen (secondary N) is 1. The Balaban J connectivity index is 1.89. The number of halogens is 2. The third-order valence-electron chi connectivity index (χ3n) is 2.91. The molecule has 16 heavy (non-hydrogen) atoms. The van der Waals surface area contributed by atoms with Crippen LogP contribution in [-0.4, -0.2) is 31.1 Å².